The molecule has 0 aromatic heterocycles. The Morgan fingerprint density at radius 1 is 0.760 bits per heavy atom. The number of ether oxygens (including phenoxy) is 1. The molecule has 1 aliphatic rings. The molecule has 0 N–H and O–H groups in total. The van der Waals surface area contributed by atoms with E-state index < -0.39 is 6.36 Å². The zero-order valence-corrected chi connectivity index (χ0v) is 14.4. The van der Waals surface area contributed by atoms with Crippen molar-refractivity contribution in [2.24, 2.45) is 0 Å². The SMILES string of the molecule is FC(F)(F)Oc1ccc2c(c1)Sc1ccccc1[S+]2c1ccccc1. The molecule has 1 unspecified atom stereocenters. The van der Waals surface area contributed by atoms with Crippen LogP contribution in [-0.4, -0.2) is 6.36 Å². The maximum absolute atomic E-state index is 12.5. The largest absolute Gasteiger partial charge is 0.573 e. The van der Waals surface area contributed by atoms with Crippen LogP contribution >= 0.6 is 11.8 Å². The predicted octanol–water partition coefficient (Wildman–Crippen LogP) is 6.15. The summed E-state index contributed by atoms with van der Waals surface area (Å²) in [6.07, 6.45) is -4.69. The number of alkyl halides is 3. The van der Waals surface area contributed by atoms with Crippen LogP contribution in [0.3, 0.4) is 0 Å². The molecule has 6 heteroatoms. The molecule has 1 atom stereocenters. The second kappa shape index (κ2) is 6.35. The van der Waals surface area contributed by atoms with Gasteiger partial charge in [0.25, 0.3) is 0 Å². The van der Waals surface area contributed by atoms with Gasteiger partial charge in [0.2, 0.25) is 0 Å². The summed E-state index contributed by atoms with van der Waals surface area (Å²) in [5, 5.41) is 0. The molecule has 3 aromatic rings. The second-order valence-corrected chi connectivity index (χ2v) is 8.37. The van der Waals surface area contributed by atoms with Crippen LogP contribution in [0.4, 0.5) is 13.2 Å². The van der Waals surface area contributed by atoms with E-state index in [9.17, 15) is 13.2 Å². The average molecular weight is 377 g/mol. The van der Waals surface area contributed by atoms with E-state index >= 15 is 0 Å². The summed E-state index contributed by atoms with van der Waals surface area (Å²) >= 11 is 1.48. The molecule has 0 radical (unpaired) electrons. The Morgan fingerprint density at radius 2 is 1.44 bits per heavy atom. The molecule has 0 amide bonds. The van der Waals surface area contributed by atoms with E-state index in [1.165, 1.54) is 28.8 Å². The molecular weight excluding hydrogens is 365 g/mol. The standard InChI is InChI=1S/C19H12F3OS2/c20-19(21,22)23-13-10-11-18-16(12-13)24-15-8-4-5-9-17(15)25(18)14-6-2-1-3-7-14/h1-12H/q+1. The minimum absolute atomic E-state index is 0.185. The fraction of sp³-hybridized carbons (Fsp3) is 0.0526. The highest BCUT2D eigenvalue weighted by atomic mass is 32.2. The lowest BCUT2D eigenvalue weighted by molar-refractivity contribution is -0.274. The topological polar surface area (TPSA) is 9.23 Å². The zero-order chi connectivity index (χ0) is 17.4. The fourth-order valence-corrected chi connectivity index (χ4v) is 6.45. The van der Waals surface area contributed by atoms with Crippen LogP contribution < -0.4 is 4.74 Å². The first-order valence-corrected chi connectivity index (χ1v) is 9.51. The Balaban J connectivity index is 1.84. The zero-order valence-electron chi connectivity index (χ0n) is 12.8. The van der Waals surface area contributed by atoms with Gasteiger partial charge in [-0.2, -0.15) is 0 Å². The van der Waals surface area contributed by atoms with Crippen LogP contribution in [0.2, 0.25) is 0 Å². The summed E-state index contributed by atoms with van der Waals surface area (Å²) in [7, 11) is -0.347. The van der Waals surface area contributed by atoms with Gasteiger partial charge in [0.15, 0.2) is 14.7 Å². The van der Waals surface area contributed by atoms with Crippen molar-refractivity contribution in [1.82, 2.24) is 0 Å². The average Bonchev–Trinajstić information content (AvgIpc) is 2.59. The van der Waals surface area contributed by atoms with E-state index in [-0.39, 0.29) is 16.6 Å². The highest BCUT2D eigenvalue weighted by Crippen LogP contribution is 2.49. The van der Waals surface area contributed by atoms with Crippen LogP contribution in [0.5, 0.6) is 5.75 Å². The third kappa shape index (κ3) is 3.37. The molecule has 1 heterocycles. The minimum atomic E-state index is -4.69. The smallest absolute Gasteiger partial charge is 0.406 e. The van der Waals surface area contributed by atoms with E-state index in [4.69, 9.17) is 0 Å². The molecule has 0 aliphatic carbocycles. The number of benzene rings is 3. The van der Waals surface area contributed by atoms with Crippen LogP contribution in [0.1, 0.15) is 0 Å². The second-order valence-electron chi connectivity index (χ2n) is 5.32. The number of halogens is 3. The quantitative estimate of drug-likeness (QED) is 0.388. The van der Waals surface area contributed by atoms with Gasteiger partial charge in [0.05, 0.1) is 9.79 Å². The van der Waals surface area contributed by atoms with Gasteiger partial charge < -0.3 is 4.74 Å². The molecule has 0 saturated carbocycles. The molecule has 0 bridgehead atoms. The Bertz CT molecular complexity index is 910. The Hall–Kier alpha value is -2.05. The molecule has 1 aliphatic heterocycles. The van der Waals surface area contributed by atoms with Gasteiger partial charge in [0, 0.05) is 0 Å². The van der Waals surface area contributed by atoms with Gasteiger partial charge in [-0.1, -0.05) is 42.1 Å². The summed E-state index contributed by atoms with van der Waals surface area (Å²) < 4.78 is 41.7. The number of hydrogen-bond donors (Lipinski definition) is 0. The van der Waals surface area contributed by atoms with Gasteiger partial charge in [-0.15, -0.1) is 13.2 Å². The Kier molecular flexibility index (Phi) is 4.17. The molecule has 0 fully saturated rings. The molecule has 1 nitrogen and oxygen atoms in total. The molecule has 0 saturated heterocycles. The van der Waals surface area contributed by atoms with Crippen molar-refractivity contribution in [3.8, 4) is 5.75 Å². The van der Waals surface area contributed by atoms with Gasteiger partial charge in [-0.05, 0) is 42.5 Å². The lowest BCUT2D eigenvalue weighted by Crippen LogP contribution is -2.17. The van der Waals surface area contributed by atoms with E-state index in [1.54, 1.807) is 6.07 Å². The molecule has 3 aromatic carbocycles. The molecule has 25 heavy (non-hydrogen) atoms. The Morgan fingerprint density at radius 3 is 2.20 bits per heavy atom. The summed E-state index contributed by atoms with van der Waals surface area (Å²) in [6, 6.07) is 22.7. The van der Waals surface area contributed by atoms with Gasteiger partial charge in [-0.25, -0.2) is 0 Å². The van der Waals surface area contributed by atoms with E-state index in [0.29, 0.717) is 0 Å². The predicted molar refractivity (Wildman–Crippen MR) is 92.3 cm³/mol. The van der Waals surface area contributed by atoms with E-state index in [1.807, 2.05) is 36.4 Å². The third-order valence-electron chi connectivity index (χ3n) is 3.64. The molecule has 126 valence electrons. The first-order valence-electron chi connectivity index (χ1n) is 7.47. The van der Waals surface area contributed by atoms with Crippen molar-refractivity contribution in [2.75, 3.05) is 0 Å². The Labute approximate surface area is 150 Å². The van der Waals surface area contributed by atoms with Crippen LogP contribution in [-0.2, 0) is 10.9 Å². The first kappa shape index (κ1) is 16.4. The number of rotatable bonds is 2. The van der Waals surface area contributed by atoms with Crippen LogP contribution in [0.15, 0.2) is 97.3 Å². The lowest BCUT2D eigenvalue weighted by atomic mass is 10.3. The normalized spacial score (nSPS) is 16.0. The van der Waals surface area contributed by atoms with Gasteiger partial charge in [0.1, 0.15) is 16.6 Å². The van der Waals surface area contributed by atoms with Crippen molar-refractivity contribution < 1.29 is 17.9 Å². The highest BCUT2D eigenvalue weighted by molar-refractivity contribution is 8.04. The van der Waals surface area contributed by atoms with Crippen LogP contribution in [0.25, 0.3) is 0 Å². The van der Waals surface area contributed by atoms with E-state index in [2.05, 4.69) is 22.9 Å². The van der Waals surface area contributed by atoms with Crippen molar-refractivity contribution in [1.29, 1.82) is 0 Å². The summed E-state index contributed by atoms with van der Waals surface area (Å²) in [5.41, 5.74) is 0. The first-order chi connectivity index (χ1) is 12.0. The van der Waals surface area contributed by atoms with Crippen molar-refractivity contribution >= 4 is 22.7 Å². The maximum Gasteiger partial charge on any atom is 0.573 e. The van der Waals surface area contributed by atoms with Gasteiger partial charge >= 0.3 is 6.36 Å². The minimum Gasteiger partial charge on any atom is -0.406 e. The molecule has 4 rings (SSSR count). The van der Waals surface area contributed by atoms with Crippen LogP contribution in [0, 0.1) is 0 Å². The van der Waals surface area contributed by atoms with Gasteiger partial charge in [-0.3, -0.25) is 0 Å². The fourth-order valence-electron chi connectivity index (χ4n) is 2.68. The summed E-state index contributed by atoms with van der Waals surface area (Å²) in [4.78, 5) is 5.21. The van der Waals surface area contributed by atoms with Crippen molar-refractivity contribution in [2.45, 2.75) is 30.8 Å². The maximum atomic E-state index is 12.5. The monoisotopic (exact) mass is 377 g/mol. The highest BCUT2D eigenvalue weighted by Gasteiger charge is 2.39. The summed E-state index contributed by atoms with van der Waals surface area (Å²) in [6.45, 7) is 0. The number of fused-ring (bicyclic) bond motifs is 2. The molecule has 0 spiro atoms. The summed E-state index contributed by atoms with van der Waals surface area (Å²) in [5.74, 6) is -0.185. The third-order valence-corrected chi connectivity index (χ3v) is 7.36. The molecular formula is C19H12F3OS2+. The number of hydrogen-bond acceptors (Lipinski definition) is 2. The van der Waals surface area contributed by atoms with Crippen molar-refractivity contribution in [3.63, 3.8) is 0 Å². The lowest BCUT2D eigenvalue weighted by Gasteiger charge is -2.19. The van der Waals surface area contributed by atoms with E-state index in [0.717, 1.165) is 19.6 Å². The van der Waals surface area contributed by atoms with Crippen molar-refractivity contribution in [3.05, 3.63) is 72.8 Å².